The Kier molecular flexibility index (Phi) is 5.56. The molecule has 1 aromatic carbocycles. The molecule has 1 aliphatic rings. The largest absolute Gasteiger partial charge is 0.388 e. The van der Waals surface area contributed by atoms with E-state index in [1.807, 2.05) is 42.2 Å². The lowest BCUT2D eigenvalue weighted by Gasteiger charge is -2.34. The van der Waals surface area contributed by atoms with E-state index < -0.39 is 6.10 Å². The first-order chi connectivity index (χ1) is 9.72. The first-order valence-corrected chi connectivity index (χ1v) is 7.31. The predicted octanol–water partition coefficient (Wildman–Crippen LogP) is 2.00. The fourth-order valence-electron chi connectivity index (χ4n) is 2.67. The second kappa shape index (κ2) is 7.41. The number of benzene rings is 1. The van der Waals surface area contributed by atoms with Gasteiger partial charge in [-0.1, -0.05) is 30.3 Å². The van der Waals surface area contributed by atoms with E-state index in [1.165, 1.54) is 0 Å². The highest BCUT2D eigenvalue weighted by Gasteiger charge is 2.27. The van der Waals surface area contributed by atoms with Gasteiger partial charge in [0.05, 0.1) is 6.10 Å². The molecule has 1 atom stereocenters. The van der Waals surface area contributed by atoms with Crippen LogP contribution in [-0.2, 0) is 9.53 Å². The molecule has 4 heteroatoms. The highest BCUT2D eigenvalue weighted by atomic mass is 16.5. The van der Waals surface area contributed by atoms with E-state index in [1.54, 1.807) is 0 Å². The van der Waals surface area contributed by atoms with Gasteiger partial charge < -0.3 is 14.7 Å². The summed E-state index contributed by atoms with van der Waals surface area (Å²) in [5.74, 6) is 0.285. The summed E-state index contributed by atoms with van der Waals surface area (Å²) in [6.07, 6.45) is 1.25. The van der Waals surface area contributed by atoms with E-state index in [-0.39, 0.29) is 18.4 Å². The molecule has 1 N–H and O–H groups in total. The zero-order valence-corrected chi connectivity index (χ0v) is 12.0. The van der Waals surface area contributed by atoms with Crippen LogP contribution in [0.5, 0.6) is 0 Å². The molecular formula is C16H23NO3. The normalized spacial score (nSPS) is 18.0. The van der Waals surface area contributed by atoms with Crippen molar-refractivity contribution < 1.29 is 14.6 Å². The van der Waals surface area contributed by atoms with Gasteiger partial charge in [-0.3, -0.25) is 4.79 Å². The van der Waals surface area contributed by atoms with Crippen LogP contribution in [0.15, 0.2) is 30.3 Å². The van der Waals surface area contributed by atoms with Crippen LogP contribution in [0.1, 0.15) is 31.4 Å². The molecule has 4 nitrogen and oxygen atoms in total. The molecule has 1 amide bonds. The average Bonchev–Trinajstić information content (AvgIpc) is 2.53. The lowest BCUT2D eigenvalue weighted by molar-refractivity contribution is -0.138. The number of carbonyl (C=O) groups is 1. The number of amides is 1. The first kappa shape index (κ1) is 15.0. The van der Waals surface area contributed by atoms with Crippen molar-refractivity contribution in [2.24, 2.45) is 5.92 Å². The molecule has 0 saturated carbocycles. The molecule has 2 rings (SSSR count). The van der Waals surface area contributed by atoms with Gasteiger partial charge in [-0.25, -0.2) is 0 Å². The second-order valence-electron chi connectivity index (χ2n) is 5.21. The SMILES string of the molecule is CCOCC(=O)N1CCC([C@H](O)c2ccccc2)CC1. The van der Waals surface area contributed by atoms with E-state index >= 15 is 0 Å². The smallest absolute Gasteiger partial charge is 0.248 e. The Hall–Kier alpha value is -1.39. The van der Waals surface area contributed by atoms with Crippen LogP contribution in [0.4, 0.5) is 0 Å². The van der Waals surface area contributed by atoms with Gasteiger partial charge in [0.15, 0.2) is 0 Å². The summed E-state index contributed by atoms with van der Waals surface area (Å²) in [6, 6.07) is 9.75. The van der Waals surface area contributed by atoms with Gasteiger partial charge in [0.25, 0.3) is 0 Å². The Morgan fingerprint density at radius 2 is 2.00 bits per heavy atom. The summed E-state index contributed by atoms with van der Waals surface area (Å²) in [5.41, 5.74) is 0.964. The van der Waals surface area contributed by atoms with E-state index in [9.17, 15) is 9.90 Å². The van der Waals surface area contributed by atoms with Crippen molar-refractivity contribution in [3.63, 3.8) is 0 Å². The Morgan fingerprint density at radius 1 is 1.35 bits per heavy atom. The maximum atomic E-state index is 11.8. The molecule has 1 aromatic rings. The molecular weight excluding hydrogens is 254 g/mol. The molecule has 0 radical (unpaired) electrons. The van der Waals surface area contributed by atoms with Gasteiger partial charge in [0.2, 0.25) is 5.91 Å². The highest BCUT2D eigenvalue weighted by molar-refractivity contribution is 5.77. The van der Waals surface area contributed by atoms with Gasteiger partial charge in [-0.05, 0) is 31.2 Å². The van der Waals surface area contributed by atoms with Crippen LogP contribution < -0.4 is 0 Å². The summed E-state index contributed by atoms with van der Waals surface area (Å²) in [4.78, 5) is 13.7. The minimum atomic E-state index is -0.430. The van der Waals surface area contributed by atoms with Crippen molar-refractivity contribution in [3.8, 4) is 0 Å². The Morgan fingerprint density at radius 3 is 2.60 bits per heavy atom. The van der Waals surface area contributed by atoms with Crippen molar-refractivity contribution in [2.75, 3.05) is 26.3 Å². The topological polar surface area (TPSA) is 49.8 Å². The summed E-state index contributed by atoms with van der Waals surface area (Å²) in [5, 5.41) is 10.4. The quantitative estimate of drug-likeness (QED) is 0.895. The minimum Gasteiger partial charge on any atom is -0.388 e. The number of ether oxygens (including phenoxy) is 1. The number of carbonyl (C=O) groups excluding carboxylic acids is 1. The van der Waals surface area contributed by atoms with Gasteiger partial charge in [0.1, 0.15) is 6.61 Å². The fraction of sp³-hybridized carbons (Fsp3) is 0.562. The van der Waals surface area contributed by atoms with Crippen molar-refractivity contribution in [3.05, 3.63) is 35.9 Å². The van der Waals surface area contributed by atoms with E-state index in [0.717, 1.165) is 18.4 Å². The predicted molar refractivity (Wildman–Crippen MR) is 77.2 cm³/mol. The number of piperidine rings is 1. The third-order valence-corrected chi connectivity index (χ3v) is 3.91. The molecule has 0 aromatic heterocycles. The zero-order chi connectivity index (χ0) is 14.4. The lowest BCUT2D eigenvalue weighted by Crippen LogP contribution is -2.41. The lowest BCUT2D eigenvalue weighted by atomic mass is 9.87. The maximum Gasteiger partial charge on any atom is 0.248 e. The van der Waals surface area contributed by atoms with Gasteiger partial charge in [-0.15, -0.1) is 0 Å². The second-order valence-corrected chi connectivity index (χ2v) is 5.21. The molecule has 0 unspecified atom stereocenters. The van der Waals surface area contributed by atoms with Gasteiger partial charge >= 0.3 is 0 Å². The zero-order valence-electron chi connectivity index (χ0n) is 12.0. The van der Waals surface area contributed by atoms with Crippen molar-refractivity contribution in [1.29, 1.82) is 0 Å². The van der Waals surface area contributed by atoms with Crippen molar-refractivity contribution in [2.45, 2.75) is 25.9 Å². The number of aliphatic hydroxyl groups is 1. The minimum absolute atomic E-state index is 0.0551. The van der Waals surface area contributed by atoms with Crippen LogP contribution in [0.3, 0.4) is 0 Å². The summed E-state index contributed by atoms with van der Waals surface area (Å²) in [7, 11) is 0. The molecule has 110 valence electrons. The Balaban J connectivity index is 1.83. The number of aliphatic hydroxyl groups excluding tert-OH is 1. The summed E-state index contributed by atoms with van der Waals surface area (Å²) in [6.45, 7) is 4.04. The molecule has 1 fully saturated rings. The molecule has 1 aliphatic heterocycles. The summed E-state index contributed by atoms with van der Waals surface area (Å²) < 4.78 is 5.15. The Labute approximate surface area is 120 Å². The third-order valence-electron chi connectivity index (χ3n) is 3.91. The number of rotatable bonds is 5. The summed E-state index contributed by atoms with van der Waals surface area (Å²) >= 11 is 0. The van der Waals surface area contributed by atoms with Crippen LogP contribution >= 0.6 is 0 Å². The number of hydrogen-bond acceptors (Lipinski definition) is 3. The van der Waals surface area contributed by atoms with E-state index in [2.05, 4.69) is 0 Å². The molecule has 0 bridgehead atoms. The number of hydrogen-bond donors (Lipinski definition) is 1. The van der Waals surface area contributed by atoms with E-state index in [0.29, 0.717) is 19.7 Å². The molecule has 20 heavy (non-hydrogen) atoms. The van der Waals surface area contributed by atoms with Crippen LogP contribution in [0.2, 0.25) is 0 Å². The third kappa shape index (κ3) is 3.81. The number of likely N-dealkylation sites (tertiary alicyclic amines) is 1. The van der Waals surface area contributed by atoms with Gasteiger partial charge in [-0.2, -0.15) is 0 Å². The first-order valence-electron chi connectivity index (χ1n) is 7.31. The maximum absolute atomic E-state index is 11.8. The van der Waals surface area contributed by atoms with Gasteiger partial charge in [0, 0.05) is 19.7 Å². The molecule has 1 heterocycles. The monoisotopic (exact) mass is 277 g/mol. The Bertz CT molecular complexity index is 413. The van der Waals surface area contributed by atoms with Crippen molar-refractivity contribution in [1.82, 2.24) is 4.90 Å². The number of nitrogens with zero attached hydrogens (tertiary/aromatic N) is 1. The molecule has 0 aliphatic carbocycles. The fourth-order valence-corrected chi connectivity index (χ4v) is 2.67. The van der Waals surface area contributed by atoms with E-state index in [4.69, 9.17) is 4.74 Å². The van der Waals surface area contributed by atoms with Crippen LogP contribution in [-0.4, -0.2) is 42.2 Å². The molecule has 1 saturated heterocycles. The van der Waals surface area contributed by atoms with Crippen molar-refractivity contribution >= 4 is 5.91 Å². The average molecular weight is 277 g/mol. The van der Waals surface area contributed by atoms with Crippen LogP contribution in [0, 0.1) is 5.92 Å². The van der Waals surface area contributed by atoms with Crippen LogP contribution in [0.25, 0.3) is 0 Å². The highest BCUT2D eigenvalue weighted by Crippen LogP contribution is 2.30. The standard InChI is InChI=1S/C16H23NO3/c1-2-20-12-15(18)17-10-8-14(9-11-17)16(19)13-6-4-3-5-7-13/h3-7,14,16,19H,2,8-12H2,1H3/t16-/m1/s1. The molecule has 0 spiro atoms.